The number of aromatic nitrogens is 1. The number of amides is 1. The zero-order valence-electron chi connectivity index (χ0n) is 12.8. The topological polar surface area (TPSA) is 77.9 Å². The second kappa shape index (κ2) is 7.43. The first-order valence-corrected chi connectivity index (χ1v) is 7.13. The lowest BCUT2D eigenvalue weighted by molar-refractivity contribution is -0.117. The lowest BCUT2D eigenvalue weighted by Gasteiger charge is -2.03. The first kappa shape index (κ1) is 15.8. The molecule has 0 aliphatic rings. The van der Waals surface area contributed by atoms with Gasteiger partial charge in [0.1, 0.15) is 11.6 Å². The van der Waals surface area contributed by atoms with Crippen LogP contribution in [0, 0.1) is 18.3 Å². The monoisotopic (exact) mass is 297 g/mol. The van der Waals surface area contributed by atoms with Gasteiger partial charge in [0.15, 0.2) is 0 Å². The first-order valence-electron chi connectivity index (χ1n) is 7.13. The molecule has 1 amide bonds. The Hall–Kier alpha value is -2.58. The Bertz CT molecular complexity index is 738. The first-order chi connectivity index (χ1) is 10.7. The molecule has 0 fully saturated rings. The lowest BCUT2D eigenvalue weighted by Crippen LogP contribution is -2.26. The maximum atomic E-state index is 12.1. The van der Waals surface area contributed by atoms with E-state index in [0.717, 1.165) is 22.2 Å². The summed E-state index contributed by atoms with van der Waals surface area (Å²) in [5, 5.41) is 13.0. The van der Waals surface area contributed by atoms with Gasteiger partial charge in [0.25, 0.3) is 5.91 Å². The van der Waals surface area contributed by atoms with E-state index in [4.69, 9.17) is 4.74 Å². The number of benzene rings is 1. The highest BCUT2D eigenvalue weighted by molar-refractivity contribution is 6.04. The third-order valence-corrected chi connectivity index (χ3v) is 3.41. The summed E-state index contributed by atoms with van der Waals surface area (Å²) in [6.45, 7) is 2.99. The molecule has 0 aliphatic carbocycles. The van der Waals surface area contributed by atoms with E-state index < -0.39 is 0 Å². The number of hydrogen-bond acceptors (Lipinski definition) is 3. The van der Waals surface area contributed by atoms with Crippen molar-refractivity contribution in [3.05, 3.63) is 41.1 Å². The van der Waals surface area contributed by atoms with Gasteiger partial charge in [-0.1, -0.05) is 18.2 Å². The number of ether oxygens (including phenoxy) is 1. The van der Waals surface area contributed by atoms with Crippen LogP contribution in [0.3, 0.4) is 0 Å². The van der Waals surface area contributed by atoms with Gasteiger partial charge in [-0.25, -0.2) is 0 Å². The van der Waals surface area contributed by atoms with Crippen LogP contribution >= 0.6 is 0 Å². The molecule has 22 heavy (non-hydrogen) atoms. The largest absolute Gasteiger partial charge is 0.385 e. The van der Waals surface area contributed by atoms with E-state index in [0.29, 0.717) is 19.6 Å². The summed E-state index contributed by atoms with van der Waals surface area (Å²) in [7, 11) is 1.61. The number of nitriles is 1. The highest BCUT2D eigenvalue weighted by Gasteiger charge is 2.12. The minimum absolute atomic E-state index is 0.102. The van der Waals surface area contributed by atoms with Gasteiger partial charge in [0.05, 0.1) is 0 Å². The van der Waals surface area contributed by atoms with Crippen molar-refractivity contribution >= 4 is 22.9 Å². The van der Waals surface area contributed by atoms with Gasteiger partial charge >= 0.3 is 0 Å². The Morgan fingerprint density at radius 3 is 2.95 bits per heavy atom. The van der Waals surface area contributed by atoms with Crippen molar-refractivity contribution in [3.8, 4) is 6.07 Å². The maximum absolute atomic E-state index is 12.1. The molecule has 1 aromatic carbocycles. The van der Waals surface area contributed by atoms with Crippen LogP contribution in [-0.4, -0.2) is 31.2 Å². The Morgan fingerprint density at radius 1 is 1.45 bits per heavy atom. The Kier molecular flexibility index (Phi) is 5.34. The molecule has 2 aromatic rings. The van der Waals surface area contributed by atoms with Crippen molar-refractivity contribution in [2.24, 2.45) is 0 Å². The van der Waals surface area contributed by atoms with Gasteiger partial charge in [0.2, 0.25) is 0 Å². The zero-order chi connectivity index (χ0) is 15.9. The highest BCUT2D eigenvalue weighted by atomic mass is 16.5. The van der Waals surface area contributed by atoms with E-state index in [1.807, 2.05) is 37.3 Å². The number of para-hydroxylation sites is 1. The van der Waals surface area contributed by atoms with E-state index in [1.165, 1.54) is 0 Å². The van der Waals surface area contributed by atoms with Crippen LogP contribution in [0.4, 0.5) is 0 Å². The predicted octanol–water partition coefficient (Wildman–Crippen LogP) is 2.54. The predicted molar refractivity (Wildman–Crippen MR) is 86.1 cm³/mol. The number of fused-ring (bicyclic) bond motifs is 1. The molecule has 1 aromatic heterocycles. The molecule has 0 aliphatic heterocycles. The zero-order valence-corrected chi connectivity index (χ0v) is 12.8. The minimum atomic E-state index is -0.358. The van der Waals surface area contributed by atoms with Crippen molar-refractivity contribution < 1.29 is 9.53 Å². The van der Waals surface area contributed by atoms with Crippen LogP contribution in [0.15, 0.2) is 29.8 Å². The van der Waals surface area contributed by atoms with E-state index in [-0.39, 0.29) is 11.5 Å². The second-order valence-electron chi connectivity index (χ2n) is 4.98. The Labute approximate surface area is 129 Å². The Balaban J connectivity index is 2.22. The molecule has 0 bridgehead atoms. The van der Waals surface area contributed by atoms with Crippen molar-refractivity contribution in [2.75, 3.05) is 20.3 Å². The van der Waals surface area contributed by atoms with E-state index in [9.17, 15) is 10.1 Å². The minimum Gasteiger partial charge on any atom is -0.385 e. The molecule has 114 valence electrons. The fraction of sp³-hybridized carbons (Fsp3) is 0.294. The molecule has 0 unspecified atom stereocenters. The summed E-state index contributed by atoms with van der Waals surface area (Å²) in [5.41, 5.74) is 2.90. The molecule has 2 rings (SSSR count). The molecule has 2 N–H and O–H groups in total. The number of carbonyl (C=O) groups is 1. The van der Waals surface area contributed by atoms with Crippen LogP contribution in [0.25, 0.3) is 17.0 Å². The van der Waals surface area contributed by atoms with Crippen LogP contribution in [0.5, 0.6) is 0 Å². The standard InChI is InChI=1S/C17H19N3O2/c1-12-15(14-6-3-4-7-16(14)20-12)10-13(11-18)17(21)19-8-5-9-22-2/h3-4,6-7,10,20H,5,8-9H2,1-2H3,(H,19,21). The smallest absolute Gasteiger partial charge is 0.261 e. The van der Waals surface area contributed by atoms with Crippen LogP contribution in [0.2, 0.25) is 0 Å². The third-order valence-electron chi connectivity index (χ3n) is 3.41. The van der Waals surface area contributed by atoms with Gasteiger partial charge in [-0.15, -0.1) is 0 Å². The molecule has 0 radical (unpaired) electrons. The number of aromatic amines is 1. The quantitative estimate of drug-likeness (QED) is 0.488. The van der Waals surface area contributed by atoms with Gasteiger partial charge in [-0.3, -0.25) is 4.79 Å². The number of aryl methyl sites for hydroxylation is 1. The van der Waals surface area contributed by atoms with E-state index in [1.54, 1.807) is 13.2 Å². The highest BCUT2D eigenvalue weighted by Crippen LogP contribution is 2.24. The molecule has 1 heterocycles. The SMILES string of the molecule is COCCCNC(=O)C(C#N)=Cc1c(C)[nH]c2ccccc12. The second-order valence-corrected chi connectivity index (χ2v) is 4.98. The van der Waals surface area contributed by atoms with Crippen LogP contribution in [0.1, 0.15) is 17.7 Å². The number of nitrogens with zero attached hydrogens (tertiary/aromatic N) is 1. The van der Waals surface area contributed by atoms with Gasteiger partial charge in [-0.2, -0.15) is 5.26 Å². The summed E-state index contributed by atoms with van der Waals surface area (Å²) < 4.78 is 4.92. The van der Waals surface area contributed by atoms with Crippen molar-refractivity contribution in [1.29, 1.82) is 5.26 Å². The van der Waals surface area contributed by atoms with E-state index >= 15 is 0 Å². The number of H-pyrrole nitrogens is 1. The summed E-state index contributed by atoms with van der Waals surface area (Å²) in [6.07, 6.45) is 2.35. The van der Waals surface area contributed by atoms with Crippen LogP contribution in [-0.2, 0) is 9.53 Å². The third kappa shape index (κ3) is 3.54. The number of carbonyl (C=O) groups excluding carboxylic acids is 1. The summed E-state index contributed by atoms with van der Waals surface area (Å²) in [6, 6.07) is 9.79. The van der Waals surface area contributed by atoms with E-state index in [2.05, 4.69) is 10.3 Å². The van der Waals surface area contributed by atoms with Gasteiger partial charge in [0, 0.05) is 42.4 Å². The molecule has 0 saturated carbocycles. The van der Waals surface area contributed by atoms with Crippen LogP contribution < -0.4 is 5.32 Å². The Morgan fingerprint density at radius 2 is 2.23 bits per heavy atom. The number of hydrogen-bond donors (Lipinski definition) is 2. The van der Waals surface area contributed by atoms with Crippen molar-refractivity contribution in [1.82, 2.24) is 10.3 Å². The lowest BCUT2D eigenvalue weighted by atomic mass is 10.1. The molecular weight excluding hydrogens is 278 g/mol. The molecule has 0 spiro atoms. The molecule has 0 atom stereocenters. The van der Waals surface area contributed by atoms with Crippen molar-refractivity contribution in [2.45, 2.75) is 13.3 Å². The maximum Gasteiger partial charge on any atom is 0.261 e. The number of rotatable bonds is 6. The average Bonchev–Trinajstić information content (AvgIpc) is 2.84. The number of methoxy groups -OCH3 is 1. The fourth-order valence-electron chi connectivity index (χ4n) is 2.29. The molecule has 5 nitrogen and oxygen atoms in total. The molecule has 5 heteroatoms. The fourth-order valence-corrected chi connectivity index (χ4v) is 2.29. The summed E-state index contributed by atoms with van der Waals surface area (Å²) in [5.74, 6) is -0.358. The number of nitrogens with one attached hydrogen (secondary N) is 2. The van der Waals surface area contributed by atoms with Crippen molar-refractivity contribution in [3.63, 3.8) is 0 Å². The van der Waals surface area contributed by atoms with Gasteiger partial charge < -0.3 is 15.0 Å². The molecule has 0 saturated heterocycles. The molecular formula is C17H19N3O2. The average molecular weight is 297 g/mol. The summed E-state index contributed by atoms with van der Waals surface area (Å²) >= 11 is 0. The normalized spacial score (nSPS) is 11.4. The summed E-state index contributed by atoms with van der Waals surface area (Å²) in [4.78, 5) is 15.3. The van der Waals surface area contributed by atoms with Gasteiger partial charge in [-0.05, 0) is 25.5 Å².